The summed E-state index contributed by atoms with van der Waals surface area (Å²) < 4.78 is 13.3. The number of carbonyl (C=O) groups is 1. The van der Waals surface area contributed by atoms with Crippen LogP contribution in [0.5, 0.6) is 0 Å². The molecule has 7 heteroatoms. The van der Waals surface area contributed by atoms with Gasteiger partial charge in [0.15, 0.2) is 5.96 Å². The lowest BCUT2D eigenvalue weighted by atomic mass is 10.1. The number of hydrogen-bond acceptors (Lipinski definition) is 3. The van der Waals surface area contributed by atoms with Crippen molar-refractivity contribution in [3.05, 3.63) is 59.0 Å². The summed E-state index contributed by atoms with van der Waals surface area (Å²) in [6.07, 6.45) is 0.287. The molecule has 0 fully saturated rings. The quantitative estimate of drug-likeness (QED) is 0.517. The topological polar surface area (TPSA) is 78.4 Å². The zero-order valence-corrected chi connectivity index (χ0v) is 16.0. The van der Waals surface area contributed by atoms with Gasteiger partial charge in [0.2, 0.25) is 5.91 Å². The number of nitrogens with zero attached hydrogens (tertiary/aromatic N) is 2. The first-order valence-electron chi connectivity index (χ1n) is 8.98. The SMILES string of the molecule is CCNC(=NCc1ccc(F)c(C)c1)NCCC(=O)Nc1cccc(C)n1. The summed E-state index contributed by atoms with van der Waals surface area (Å²) in [6.45, 7) is 7.14. The molecule has 0 aliphatic carbocycles. The first-order valence-corrected chi connectivity index (χ1v) is 8.98. The molecule has 1 aromatic heterocycles. The number of pyridine rings is 1. The standard InChI is InChI=1S/C20H26FN5O/c1-4-22-20(24-13-16-8-9-17(21)14(2)12-16)23-11-10-19(27)26-18-7-5-6-15(3)25-18/h5-9,12H,4,10-11,13H2,1-3H3,(H2,22,23,24)(H,25,26,27). The molecule has 0 atom stereocenters. The van der Waals surface area contributed by atoms with Crippen LogP contribution in [0.2, 0.25) is 0 Å². The van der Waals surface area contributed by atoms with Crippen LogP contribution in [-0.4, -0.2) is 29.9 Å². The molecule has 2 rings (SSSR count). The molecule has 0 aliphatic rings. The summed E-state index contributed by atoms with van der Waals surface area (Å²) in [7, 11) is 0. The number of anilines is 1. The highest BCUT2D eigenvalue weighted by Gasteiger charge is 2.05. The molecule has 1 amide bonds. The van der Waals surface area contributed by atoms with Gasteiger partial charge >= 0.3 is 0 Å². The summed E-state index contributed by atoms with van der Waals surface area (Å²) in [6, 6.07) is 10.4. The highest BCUT2D eigenvalue weighted by molar-refractivity contribution is 5.90. The van der Waals surface area contributed by atoms with Crippen LogP contribution in [0.25, 0.3) is 0 Å². The van der Waals surface area contributed by atoms with Crippen LogP contribution in [0.4, 0.5) is 10.2 Å². The smallest absolute Gasteiger partial charge is 0.227 e. The Bertz CT molecular complexity index is 807. The van der Waals surface area contributed by atoms with Gasteiger partial charge in [-0.25, -0.2) is 14.4 Å². The largest absolute Gasteiger partial charge is 0.357 e. The van der Waals surface area contributed by atoms with E-state index in [0.29, 0.717) is 37.0 Å². The van der Waals surface area contributed by atoms with Crippen LogP contribution in [0.15, 0.2) is 41.4 Å². The fraction of sp³-hybridized carbons (Fsp3) is 0.350. The Kier molecular flexibility index (Phi) is 7.73. The van der Waals surface area contributed by atoms with Crippen molar-refractivity contribution in [3.63, 3.8) is 0 Å². The number of aromatic nitrogens is 1. The van der Waals surface area contributed by atoms with Gasteiger partial charge in [-0.1, -0.05) is 18.2 Å². The maximum atomic E-state index is 13.3. The Morgan fingerprint density at radius 2 is 2.00 bits per heavy atom. The Morgan fingerprint density at radius 1 is 1.19 bits per heavy atom. The fourth-order valence-corrected chi connectivity index (χ4v) is 2.43. The first-order chi connectivity index (χ1) is 13.0. The van der Waals surface area contributed by atoms with Crippen LogP contribution in [0, 0.1) is 19.7 Å². The number of hydrogen-bond donors (Lipinski definition) is 3. The Morgan fingerprint density at radius 3 is 2.70 bits per heavy atom. The number of rotatable bonds is 7. The van der Waals surface area contributed by atoms with Gasteiger partial charge in [0.1, 0.15) is 11.6 Å². The number of nitrogens with one attached hydrogen (secondary N) is 3. The van der Waals surface area contributed by atoms with E-state index in [1.54, 1.807) is 25.1 Å². The summed E-state index contributed by atoms with van der Waals surface area (Å²) in [5, 5.41) is 9.03. The second-order valence-electron chi connectivity index (χ2n) is 6.17. The molecular formula is C20H26FN5O. The number of guanidine groups is 1. The van der Waals surface area contributed by atoms with Crippen LogP contribution >= 0.6 is 0 Å². The highest BCUT2D eigenvalue weighted by atomic mass is 19.1. The van der Waals surface area contributed by atoms with Gasteiger partial charge in [0, 0.05) is 25.2 Å². The van der Waals surface area contributed by atoms with E-state index in [4.69, 9.17) is 0 Å². The van der Waals surface area contributed by atoms with Gasteiger partial charge in [0.25, 0.3) is 0 Å². The van der Waals surface area contributed by atoms with Gasteiger partial charge in [-0.15, -0.1) is 0 Å². The molecule has 27 heavy (non-hydrogen) atoms. The summed E-state index contributed by atoms with van der Waals surface area (Å²) in [4.78, 5) is 20.7. The lowest BCUT2D eigenvalue weighted by molar-refractivity contribution is -0.116. The van der Waals surface area contributed by atoms with E-state index < -0.39 is 0 Å². The molecule has 1 heterocycles. The normalized spacial score (nSPS) is 11.2. The highest BCUT2D eigenvalue weighted by Crippen LogP contribution is 2.10. The van der Waals surface area contributed by atoms with Crippen LogP contribution in [-0.2, 0) is 11.3 Å². The molecule has 0 radical (unpaired) electrons. The zero-order chi connectivity index (χ0) is 19.6. The molecule has 0 saturated carbocycles. The molecule has 3 N–H and O–H groups in total. The summed E-state index contributed by atoms with van der Waals surface area (Å²) in [5.74, 6) is 0.820. The first kappa shape index (κ1) is 20.4. The minimum Gasteiger partial charge on any atom is -0.357 e. The van der Waals surface area contributed by atoms with E-state index in [-0.39, 0.29) is 18.1 Å². The van der Waals surface area contributed by atoms with Crippen molar-refractivity contribution < 1.29 is 9.18 Å². The number of aryl methyl sites for hydroxylation is 2. The average Bonchev–Trinajstić information content (AvgIpc) is 2.62. The van der Waals surface area contributed by atoms with E-state index in [2.05, 4.69) is 25.9 Å². The third-order valence-electron chi connectivity index (χ3n) is 3.79. The molecule has 2 aromatic rings. The van der Waals surface area contributed by atoms with Crippen molar-refractivity contribution in [2.75, 3.05) is 18.4 Å². The van der Waals surface area contributed by atoms with Gasteiger partial charge in [-0.2, -0.15) is 0 Å². The third-order valence-corrected chi connectivity index (χ3v) is 3.79. The Hall–Kier alpha value is -2.96. The molecular weight excluding hydrogens is 345 g/mol. The van der Waals surface area contributed by atoms with Crippen molar-refractivity contribution in [1.82, 2.24) is 15.6 Å². The number of carbonyl (C=O) groups excluding carboxylic acids is 1. The molecule has 1 aromatic carbocycles. The fourth-order valence-electron chi connectivity index (χ4n) is 2.43. The predicted molar refractivity (Wildman–Crippen MR) is 106 cm³/mol. The minimum absolute atomic E-state index is 0.120. The molecule has 0 saturated heterocycles. The van der Waals surface area contributed by atoms with Crippen molar-refractivity contribution in [3.8, 4) is 0 Å². The molecule has 0 unspecified atom stereocenters. The van der Waals surface area contributed by atoms with Crippen molar-refractivity contribution in [1.29, 1.82) is 0 Å². The van der Waals surface area contributed by atoms with Gasteiger partial charge in [0.05, 0.1) is 6.54 Å². The average molecular weight is 371 g/mol. The van der Waals surface area contributed by atoms with Crippen molar-refractivity contribution in [2.45, 2.75) is 33.7 Å². The Balaban J connectivity index is 1.84. The van der Waals surface area contributed by atoms with E-state index >= 15 is 0 Å². The number of amides is 1. The van der Waals surface area contributed by atoms with E-state index in [0.717, 1.165) is 11.3 Å². The number of benzene rings is 1. The van der Waals surface area contributed by atoms with Crippen molar-refractivity contribution >= 4 is 17.7 Å². The Labute approximate surface area is 159 Å². The monoisotopic (exact) mass is 371 g/mol. The molecule has 0 bridgehead atoms. The molecule has 0 aliphatic heterocycles. The third kappa shape index (κ3) is 7.05. The summed E-state index contributed by atoms with van der Waals surface area (Å²) in [5.41, 5.74) is 2.37. The number of halogens is 1. The van der Waals surface area contributed by atoms with Gasteiger partial charge in [-0.05, 0) is 50.1 Å². The maximum Gasteiger partial charge on any atom is 0.227 e. The lowest BCUT2D eigenvalue weighted by Crippen LogP contribution is -2.38. The predicted octanol–water partition coefficient (Wildman–Crippen LogP) is 2.92. The minimum atomic E-state index is -0.220. The second-order valence-corrected chi connectivity index (χ2v) is 6.17. The van der Waals surface area contributed by atoms with Crippen LogP contribution < -0.4 is 16.0 Å². The van der Waals surface area contributed by atoms with Crippen LogP contribution in [0.3, 0.4) is 0 Å². The lowest BCUT2D eigenvalue weighted by Gasteiger charge is -2.11. The molecule has 0 spiro atoms. The van der Waals surface area contributed by atoms with E-state index in [1.807, 2.05) is 26.0 Å². The van der Waals surface area contributed by atoms with Gasteiger partial charge in [-0.3, -0.25) is 4.79 Å². The summed E-state index contributed by atoms with van der Waals surface area (Å²) >= 11 is 0. The molecule has 6 nitrogen and oxygen atoms in total. The van der Waals surface area contributed by atoms with E-state index in [1.165, 1.54) is 6.07 Å². The molecule has 144 valence electrons. The maximum absolute atomic E-state index is 13.3. The van der Waals surface area contributed by atoms with Gasteiger partial charge < -0.3 is 16.0 Å². The van der Waals surface area contributed by atoms with Crippen LogP contribution in [0.1, 0.15) is 30.2 Å². The van der Waals surface area contributed by atoms with E-state index in [9.17, 15) is 9.18 Å². The zero-order valence-electron chi connectivity index (χ0n) is 16.0. The number of aliphatic imine (C=N–C) groups is 1. The second kappa shape index (κ2) is 10.3. The van der Waals surface area contributed by atoms with Crippen molar-refractivity contribution in [2.24, 2.45) is 4.99 Å².